The lowest BCUT2D eigenvalue weighted by molar-refractivity contribution is -0.139. The van der Waals surface area contributed by atoms with Crippen molar-refractivity contribution >= 4 is 17.7 Å². The van der Waals surface area contributed by atoms with Gasteiger partial charge in [-0.3, -0.25) is 4.79 Å². The zero-order chi connectivity index (χ0) is 11.8. The molecule has 0 aliphatic rings. The van der Waals surface area contributed by atoms with Gasteiger partial charge in [-0.15, -0.1) is 11.8 Å². The van der Waals surface area contributed by atoms with Crippen LogP contribution in [0, 0.1) is 0 Å². The van der Waals surface area contributed by atoms with E-state index in [4.69, 9.17) is 10.5 Å². The summed E-state index contributed by atoms with van der Waals surface area (Å²) in [7, 11) is 0. The van der Waals surface area contributed by atoms with Crippen LogP contribution in [0.15, 0.2) is 30.3 Å². The van der Waals surface area contributed by atoms with Crippen LogP contribution >= 0.6 is 11.8 Å². The monoisotopic (exact) mass is 239 g/mol. The Hall–Kier alpha value is -1.00. The minimum Gasteiger partial charge on any atom is -0.465 e. The number of carbonyl (C=O) groups is 1. The van der Waals surface area contributed by atoms with E-state index in [1.165, 1.54) is 11.8 Å². The summed E-state index contributed by atoms with van der Waals surface area (Å²) in [4.78, 5) is 11.1. The molecule has 4 heteroatoms. The Morgan fingerprint density at radius 3 is 2.75 bits per heavy atom. The molecule has 0 aliphatic heterocycles. The van der Waals surface area contributed by atoms with Gasteiger partial charge in [0.15, 0.2) is 0 Å². The first-order valence-corrected chi connectivity index (χ1v) is 6.43. The largest absolute Gasteiger partial charge is 0.465 e. The number of thioether (sulfide) groups is 1. The van der Waals surface area contributed by atoms with Crippen LogP contribution < -0.4 is 5.73 Å². The Morgan fingerprint density at radius 1 is 1.44 bits per heavy atom. The van der Waals surface area contributed by atoms with Crippen LogP contribution in [0.2, 0.25) is 0 Å². The molecule has 3 nitrogen and oxygen atoms in total. The highest BCUT2D eigenvalue weighted by Crippen LogP contribution is 2.15. The lowest BCUT2D eigenvalue weighted by Crippen LogP contribution is -2.15. The fourth-order valence-electron chi connectivity index (χ4n) is 1.27. The third-order valence-electron chi connectivity index (χ3n) is 2.05. The molecule has 88 valence electrons. The van der Waals surface area contributed by atoms with Crippen molar-refractivity contribution in [2.24, 2.45) is 5.73 Å². The predicted molar refractivity (Wildman–Crippen MR) is 67.3 cm³/mol. The fraction of sp³-hybridized carbons (Fsp3) is 0.417. The third-order valence-corrected chi connectivity index (χ3v) is 3.09. The van der Waals surface area contributed by atoms with E-state index in [1.807, 2.05) is 30.3 Å². The van der Waals surface area contributed by atoms with Gasteiger partial charge in [-0.05, 0) is 12.5 Å². The average molecular weight is 239 g/mol. The van der Waals surface area contributed by atoms with Gasteiger partial charge in [0.2, 0.25) is 0 Å². The minimum atomic E-state index is -0.173. The lowest BCUT2D eigenvalue weighted by Gasteiger charge is -2.10. The Kier molecular flexibility index (Phi) is 5.96. The van der Waals surface area contributed by atoms with E-state index in [2.05, 4.69) is 0 Å². The van der Waals surface area contributed by atoms with Crippen molar-refractivity contribution in [1.29, 1.82) is 0 Å². The van der Waals surface area contributed by atoms with E-state index in [0.29, 0.717) is 12.4 Å². The fourth-order valence-corrected chi connectivity index (χ4v) is 2.08. The van der Waals surface area contributed by atoms with Crippen molar-refractivity contribution < 1.29 is 9.53 Å². The summed E-state index contributed by atoms with van der Waals surface area (Å²) >= 11 is 1.50. The highest BCUT2D eigenvalue weighted by atomic mass is 32.2. The van der Waals surface area contributed by atoms with Crippen LogP contribution in [0.1, 0.15) is 18.5 Å². The van der Waals surface area contributed by atoms with E-state index in [1.54, 1.807) is 6.92 Å². The summed E-state index contributed by atoms with van der Waals surface area (Å²) in [6.07, 6.45) is 0. The molecule has 2 N–H and O–H groups in total. The first kappa shape index (κ1) is 13.1. The SMILES string of the molecule is CCOC(=O)CSCC(N)c1ccccc1. The summed E-state index contributed by atoms with van der Waals surface area (Å²) in [6, 6.07) is 9.85. The molecule has 16 heavy (non-hydrogen) atoms. The maximum atomic E-state index is 11.1. The molecule has 1 aromatic carbocycles. The summed E-state index contributed by atoms with van der Waals surface area (Å²) < 4.78 is 4.83. The van der Waals surface area contributed by atoms with Crippen molar-refractivity contribution in [1.82, 2.24) is 0 Å². The van der Waals surface area contributed by atoms with E-state index < -0.39 is 0 Å². The van der Waals surface area contributed by atoms with Crippen molar-refractivity contribution in [3.63, 3.8) is 0 Å². The maximum Gasteiger partial charge on any atom is 0.315 e. The number of ether oxygens (including phenoxy) is 1. The average Bonchev–Trinajstić information content (AvgIpc) is 2.30. The van der Waals surface area contributed by atoms with Crippen molar-refractivity contribution in [3.05, 3.63) is 35.9 Å². The Bertz CT molecular complexity index is 316. The van der Waals surface area contributed by atoms with Gasteiger partial charge in [-0.1, -0.05) is 30.3 Å². The van der Waals surface area contributed by atoms with Gasteiger partial charge in [0.1, 0.15) is 0 Å². The molecule has 0 aromatic heterocycles. The Labute approximate surface area is 100 Å². The van der Waals surface area contributed by atoms with E-state index in [-0.39, 0.29) is 12.0 Å². The predicted octanol–water partition coefficient (Wildman–Crippen LogP) is 1.98. The number of rotatable bonds is 6. The third kappa shape index (κ3) is 4.68. The normalized spacial score (nSPS) is 12.1. The molecule has 0 spiro atoms. The minimum absolute atomic E-state index is 0.0272. The number of esters is 1. The van der Waals surface area contributed by atoms with Crippen LogP contribution in [0.3, 0.4) is 0 Å². The summed E-state index contributed by atoms with van der Waals surface area (Å²) in [6.45, 7) is 2.24. The molecule has 0 saturated carbocycles. The zero-order valence-electron chi connectivity index (χ0n) is 9.39. The molecule has 0 bridgehead atoms. The van der Waals surface area contributed by atoms with E-state index in [0.717, 1.165) is 11.3 Å². The molecule has 0 heterocycles. The van der Waals surface area contributed by atoms with Gasteiger partial charge in [0.25, 0.3) is 0 Å². The van der Waals surface area contributed by atoms with E-state index >= 15 is 0 Å². The van der Waals surface area contributed by atoms with Crippen molar-refractivity contribution in [2.45, 2.75) is 13.0 Å². The van der Waals surface area contributed by atoms with Gasteiger partial charge in [-0.25, -0.2) is 0 Å². The smallest absolute Gasteiger partial charge is 0.315 e. The first-order chi connectivity index (χ1) is 7.74. The highest BCUT2D eigenvalue weighted by Gasteiger charge is 2.07. The number of hydrogen-bond donors (Lipinski definition) is 1. The van der Waals surface area contributed by atoms with Gasteiger partial charge in [-0.2, -0.15) is 0 Å². The van der Waals surface area contributed by atoms with Gasteiger partial charge < -0.3 is 10.5 Å². The highest BCUT2D eigenvalue weighted by molar-refractivity contribution is 7.99. The molecule has 1 rings (SSSR count). The Balaban J connectivity index is 2.26. The molecule has 1 unspecified atom stereocenters. The van der Waals surface area contributed by atoms with Crippen LogP contribution in [-0.4, -0.2) is 24.1 Å². The lowest BCUT2D eigenvalue weighted by atomic mass is 10.1. The number of nitrogens with two attached hydrogens (primary N) is 1. The Morgan fingerprint density at radius 2 is 2.12 bits per heavy atom. The summed E-state index contributed by atoms with van der Waals surface area (Å²) in [5.41, 5.74) is 7.08. The second-order valence-electron chi connectivity index (χ2n) is 3.34. The van der Waals surface area contributed by atoms with Gasteiger partial charge in [0, 0.05) is 11.8 Å². The number of hydrogen-bond acceptors (Lipinski definition) is 4. The van der Waals surface area contributed by atoms with Crippen LogP contribution in [0.4, 0.5) is 0 Å². The topological polar surface area (TPSA) is 52.3 Å². The molecule has 0 saturated heterocycles. The summed E-state index contributed by atoms with van der Waals surface area (Å²) in [5, 5.41) is 0. The molecule has 0 radical (unpaired) electrons. The van der Waals surface area contributed by atoms with E-state index in [9.17, 15) is 4.79 Å². The summed E-state index contributed by atoms with van der Waals surface area (Å²) in [5.74, 6) is 0.921. The van der Waals surface area contributed by atoms with Crippen LogP contribution in [0.5, 0.6) is 0 Å². The molecule has 1 aromatic rings. The molecular formula is C12H17NO2S. The maximum absolute atomic E-state index is 11.1. The zero-order valence-corrected chi connectivity index (χ0v) is 10.2. The second kappa shape index (κ2) is 7.30. The van der Waals surface area contributed by atoms with Gasteiger partial charge in [0.05, 0.1) is 12.4 Å². The number of carbonyl (C=O) groups excluding carboxylic acids is 1. The first-order valence-electron chi connectivity index (χ1n) is 5.28. The standard InChI is InChI=1S/C12H17NO2S/c1-2-15-12(14)9-16-8-11(13)10-6-4-3-5-7-10/h3-7,11H,2,8-9,13H2,1H3. The van der Waals surface area contributed by atoms with Crippen LogP contribution in [-0.2, 0) is 9.53 Å². The molecule has 1 atom stereocenters. The molecule has 0 amide bonds. The van der Waals surface area contributed by atoms with Gasteiger partial charge >= 0.3 is 5.97 Å². The number of benzene rings is 1. The molecular weight excluding hydrogens is 222 g/mol. The second-order valence-corrected chi connectivity index (χ2v) is 4.37. The van der Waals surface area contributed by atoms with Crippen LogP contribution in [0.25, 0.3) is 0 Å². The van der Waals surface area contributed by atoms with Crippen molar-refractivity contribution in [3.8, 4) is 0 Å². The molecule has 0 aliphatic carbocycles. The molecule has 0 fully saturated rings. The quantitative estimate of drug-likeness (QED) is 0.771. The van der Waals surface area contributed by atoms with Crippen molar-refractivity contribution in [2.75, 3.05) is 18.1 Å².